The van der Waals surface area contributed by atoms with Gasteiger partial charge in [-0.05, 0) is 76.6 Å². The first-order chi connectivity index (χ1) is 21.5. The summed E-state index contributed by atoms with van der Waals surface area (Å²) in [6.07, 6.45) is -2.33. The van der Waals surface area contributed by atoms with Crippen LogP contribution in [0.2, 0.25) is 0 Å². The zero-order valence-electron chi connectivity index (χ0n) is 28.4. The number of methoxy groups -OCH3 is 1. The van der Waals surface area contributed by atoms with Gasteiger partial charge in [0, 0.05) is 24.4 Å². The van der Waals surface area contributed by atoms with Crippen LogP contribution in [0.25, 0.3) is 10.9 Å². The van der Waals surface area contributed by atoms with Crippen molar-refractivity contribution in [2.24, 2.45) is 7.05 Å². The van der Waals surface area contributed by atoms with Crippen LogP contribution in [0.15, 0.2) is 47.3 Å². The van der Waals surface area contributed by atoms with Gasteiger partial charge in [0.2, 0.25) is 0 Å². The van der Waals surface area contributed by atoms with Gasteiger partial charge in [0.05, 0.1) is 18.2 Å². The molecule has 0 radical (unpaired) electrons. The number of carbonyl (C=O) groups is 2. The zero-order chi connectivity index (χ0) is 35.2. The number of benzene rings is 2. The van der Waals surface area contributed by atoms with Crippen molar-refractivity contribution in [2.45, 2.75) is 98.5 Å². The number of halogens is 4. The Kier molecular flexibility index (Phi) is 16.0. The van der Waals surface area contributed by atoms with Crippen molar-refractivity contribution in [1.82, 2.24) is 9.88 Å². The SMILES string of the molecule is CC.CCc1ccc2c(c1)c(C(F)(F)F)c(Cc1cccc(C)c1)c(=O)n2C.COC(=O)CNC(=O)OC(C)(C)C.FC1CCC1. The summed E-state index contributed by atoms with van der Waals surface area (Å²) in [5.41, 5.74) is 0.575. The molecule has 0 spiro atoms. The number of hydrogen-bond donors (Lipinski definition) is 1. The minimum Gasteiger partial charge on any atom is -0.468 e. The van der Waals surface area contributed by atoms with Crippen LogP contribution in [-0.2, 0) is 40.3 Å². The Morgan fingerprint density at radius 1 is 1.02 bits per heavy atom. The molecule has 0 saturated heterocycles. The fraction of sp³-hybridized carbons (Fsp3) is 0.514. The molecule has 0 unspecified atom stereocenters. The van der Waals surface area contributed by atoms with Crippen LogP contribution in [-0.4, -0.2) is 42.1 Å². The molecule has 2 aromatic carbocycles. The van der Waals surface area contributed by atoms with Crippen molar-refractivity contribution in [1.29, 1.82) is 0 Å². The third-order valence-corrected chi connectivity index (χ3v) is 6.75. The molecule has 0 bridgehead atoms. The van der Waals surface area contributed by atoms with E-state index >= 15 is 0 Å². The van der Waals surface area contributed by atoms with Gasteiger partial charge >= 0.3 is 18.2 Å². The van der Waals surface area contributed by atoms with E-state index < -0.39 is 41.1 Å². The minimum atomic E-state index is -4.60. The molecule has 1 N–H and O–H groups in total. The van der Waals surface area contributed by atoms with Crippen molar-refractivity contribution in [3.63, 3.8) is 0 Å². The first-order valence-corrected chi connectivity index (χ1v) is 15.4. The monoisotopic (exact) mass is 652 g/mol. The number of aromatic nitrogens is 1. The number of pyridine rings is 1. The third kappa shape index (κ3) is 12.8. The van der Waals surface area contributed by atoms with Crippen LogP contribution in [0.3, 0.4) is 0 Å². The lowest BCUT2D eigenvalue weighted by Crippen LogP contribution is -2.35. The topological polar surface area (TPSA) is 86.6 Å². The van der Waals surface area contributed by atoms with Crippen molar-refractivity contribution < 1.29 is 36.6 Å². The zero-order valence-corrected chi connectivity index (χ0v) is 28.4. The molecule has 1 amide bonds. The molecule has 1 heterocycles. The molecule has 1 saturated carbocycles. The van der Waals surface area contributed by atoms with E-state index in [1.807, 2.05) is 39.8 Å². The van der Waals surface area contributed by atoms with Gasteiger partial charge in [0.15, 0.2) is 0 Å². The molecular weight excluding hydrogens is 604 g/mol. The second-order valence-corrected chi connectivity index (χ2v) is 11.5. The highest BCUT2D eigenvalue weighted by Crippen LogP contribution is 2.37. The average Bonchev–Trinajstić information content (AvgIpc) is 2.97. The highest BCUT2D eigenvalue weighted by molar-refractivity contribution is 5.85. The molecule has 1 aliphatic rings. The predicted molar refractivity (Wildman–Crippen MR) is 174 cm³/mol. The number of esters is 1. The minimum absolute atomic E-state index is 0.0461. The molecule has 4 rings (SSSR count). The van der Waals surface area contributed by atoms with E-state index in [0.29, 0.717) is 17.5 Å². The number of carbonyl (C=O) groups excluding carboxylic acids is 2. The summed E-state index contributed by atoms with van der Waals surface area (Å²) >= 11 is 0. The molecule has 0 aliphatic heterocycles. The lowest BCUT2D eigenvalue weighted by molar-refractivity contribution is -0.139. The van der Waals surface area contributed by atoms with Crippen LogP contribution < -0.4 is 10.9 Å². The van der Waals surface area contributed by atoms with Gasteiger partial charge in [-0.15, -0.1) is 0 Å². The maximum absolute atomic E-state index is 14.0. The highest BCUT2D eigenvalue weighted by Gasteiger charge is 2.37. The summed E-state index contributed by atoms with van der Waals surface area (Å²) in [7, 11) is 2.77. The normalized spacial score (nSPS) is 12.6. The van der Waals surface area contributed by atoms with Gasteiger partial charge in [0.25, 0.3) is 5.56 Å². The first-order valence-electron chi connectivity index (χ1n) is 15.4. The molecule has 1 fully saturated rings. The van der Waals surface area contributed by atoms with E-state index in [4.69, 9.17) is 4.74 Å². The number of ether oxygens (including phenoxy) is 2. The highest BCUT2D eigenvalue weighted by atomic mass is 19.4. The summed E-state index contributed by atoms with van der Waals surface area (Å²) in [6, 6.07) is 12.1. The fourth-order valence-corrected chi connectivity index (χ4v) is 4.28. The Morgan fingerprint density at radius 2 is 1.63 bits per heavy atom. The molecule has 0 atom stereocenters. The summed E-state index contributed by atoms with van der Waals surface area (Å²) in [5.74, 6) is -0.508. The van der Waals surface area contributed by atoms with Gasteiger partial charge in [-0.2, -0.15) is 13.2 Å². The lowest BCUT2D eigenvalue weighted by atomic mass is 9.95. The van der Waals surface area contributed by atoms with Crippen LogP contribution >= 0.6 is 0 Å². The maximum Gasteiger partial charge on any atom is 0.417 e. The maximum atomic E-state index is 14.0. The quantitative estimate of drug-likeness (QED) is 0.222. The molecular formula is C35H48F4N2O5. The van der Waals surface area contributed by atoms with Crippen molar-refractivity contribution in [3.8, 4) is 0 Å². The van der Waals surface area contributed by atoms with Gasteiger partial charge in [0.1, 0.15) is 18.3 Å². The van der Waals surface area contributed by atoms with Crippen molar-refractivity contribution >= 4 is 23.0 Å². The second-order valence-electron chi connectivity index (χ2n) is 11.5. The Balaban J connectivity index is 0.000000439. The summed E-state index contributed by atoms with van der Waals surface area (Å²) in [4.78, 5) is 34.3. The molecule has 3 aromatic rings. The Bertz CT molecular complexity index is 1490. The van der Waals surface area contributed by atoms with E-state index in [1.165, 1.54) is 18.7 Å². The number of amides is 1. The summed E-state index contributed by atoms with van der Waals surface area (Å²) < 4.78 is 63.9. The number of rotatable bonds is 5. The van der Waals surface area contributed by atoms with E-state index in [2.05, 4.69) is 10.1 Å². The lowest BCUT2D eigenvalue weighted by Gasteiger charge is -2.19. The van der Waals surface area contributed by atoms with E-state index in [-0.39, 0.29) is 23.9 Å². The Hall–Kier alpha value is -3.89. The van der Waals surface area contributed by atoms with Gasteiger partial charge in [-0.25, -0.2) is 9.18 Å². The van der Waals surface area contributed by atoms with Crippen molar-refractivity contribution in [2.75, 3.05) is 13.7 Å². The summed E-state index contributed by atoms with van der Waals surface area (Å²) in [6.45, 7) is 12.8. The Labute approximate surface area is 269 Å². The van der Waals surface area contributed by atoms with Gasteiger partial charge in [-0.3, -0.25) is 9.59 Å². The largest absolute Gasteiger partial charge is 0.468 e. The molecule has 7 nitrogen and oxygen atoms in total. The number of hydrogen-bond acceptors (Lipinski definition) is 5. The van der Waals surface area contributed by atoms with E-state index in [0.717, 1.165) is 30.4 Å². The van der Waals surface area contributed by atoms with Crippen LogP contribution in [0.5, 0.6) is 0 Å². The predicted octanol–water partition coefficient (Wildman–Crippen LogP) is 8.24. The Morgan fingerprint density at radius 3 is 2.09 bits per heavy atom. The number of fused-ring (bicyclic) bond motifs is 1. The molecule has 1 aliphatic carbocycles. The molecule has 11 heteroatoms. The van der Waals surface area contributed by atoms with E-state index in [9.17, 15) is 31.9 Å². The number of aryl methyl sites for hydroxylation is 3. The average molecular weight is 653 g/mol. The number of nitrogens with zero attached hydrogens (tertiary/aromatic N) is 1. The molecule has 46 heavy (non-hydrogen) atoms. The molecule has 256 valence electrons. The summed E-state index contributed by atoms with van der Waals surface area (Å²) in [5, 5.41) is 2.34. The fourth-order valence-electron chi connectivity index (χ4n) is 4.28. The van der Waals surface area contributed by atoms with E-state index in [1.54, 1.807) is 51.1 Å². The molecule has 1 aromatic heterocycles. The third-order valence-electron chi connectivity index (χ3n) is 6.75. The van der Waals surface area contributed by atoms with Crippen LogP contribution in [0.4, 0.5) is 22.4 Å². The second kappa shape index (κ2) is 18.3. The first kappa shape index (κ1) is 40.1. The standard InChI is InChI=1S/C21H20F3NO.C8H15NO4.C4H7F.C2H6/c1-4-14-8-9-18-16(11-14)19(21(22,23)24)17(20(26)25(18)3)12-15-7-5-6-13(2)10-15;1-8(2,3)13-7(11)9-5-6(10)12-4;5-4-2-1-3-4;1-2/h5-11H,4,12H2,1-3H3;5H2,1-4H3,(H,9,11);4H,1-3H2;1-2H3. The smallest absolute Gasteiger partial charge is 0.417 e. The number of alkyl carbamates (subject to hydrolysis) is 1. The van der Waals surface area contributed by atoms with Gasteiger partial charge < -0.3 is 19.4 Å². The van der Waals surface area contributed by atoms with Crippen LogP contribution in [0, 0.1) is 6.92 Å². The number of nitrogens with one attached hydrogen (secondary N) is 1. The van der Waals surface area contributed by atoms with Gasteiger partial charge in [-0.1, -0.05) is 56.7 Å². The van der Waals surface area contributed by atoms with Crippen molar-refractivity contribution in [3.05, 3.63) is 80.6 Å². The number of alkyl halides is 4. The van der Waals surface area contributed by atoms with Crippen LogP contribution in [0.1, 0.15) is 88.6 Å².